The predicted octanol–water partition coefficient (Wildman–Crippen LogP) is 19.1. The van der Waals surface area contributed by atoms with Gasteiger partial charge in [0.05, 0.1) is 5.69 Å². The number of fused-ring (bicyclic) bond motifs is 4. The van der Waals surface area contributed by atoms with Crippen molar-refractivity contribution < 1.29 is 4.42 Å². The van der Waals surface area contributed by atoms with E-state index in [4.69, 9.17) is 4.42 Å². The predicted molar refractivity (Wildman–Crippen MR) is 290 cm³/mol. The molecule has 0 saturated heterocycles. The van der Waals surface area contributed by atoms with Gasteiger partial charge in [-0.2, -0.15) is 0 Å². The van der Waals surface area contributed by atoms with Gasteiger partial charge < -0.3 is 9.32 Å². The third-order valence-electron chi connectivity index (χ3n) is 13.6. The number of hydrogen-bond acceptors (Lipinski definition) is 2. The number of benzene rings is 10. The fourth-order valence-electron chi connectivity index (χ4n) is 9.87. The van der Waals surface area contributed by atoms with Crippen LogP contribution in [0.4, 0.5) is 17.1 Å². The molecule has 0 aliphatic carbocycles. The molecule has 0 fully saturated rings. The van der Waals surface area contributed by atoms with Gasteiger partial charge in [0.2, 0.25) is 0 Å². The van der Waals surface area contributed by atoms with Gasteiger partial charge in [0.25, 0.3) is 0 Å². The zero-order valence-corrected chi connectivity index (χ0v) is 39.7. The lowest BCUT2D eigenvalue weighted by Gasteiger charge is -2.29. The smallest absolute Gasteiger partial charge is 0.136 e. The second kappa shape index (κ2) is 17.0. The van der Waals surface area contributed by atoms with E-state index >= 15 is 0 Å². The van der Waals surface area contributed by atoms with E-state index in [1.54, 1.807) is 0 Å². The Morgan fingerprint density at radius 3 is 1.40 bits per heavy atom. The van der Waals surface area contributed by atoms with Crippen LogP contribution in [0.1, 0.15) is 52.7 Å². The van der Waals surface area contributed by atoms with Crippen LogP contribution in [-0.4, -0.2) is 0 Å². The van der Waals surface area contributed by atoms with Crippen LogP contribution in [0.15, 0.2) is 229 Å². The first kappa shape index (κ1) is 42.7. The van der Waals surface area contributed by atoms with Crippen LogP contribution >= 0.6 is 0 Å². The van der Waals surface area contributed by atoms with E-state index in [1.807, 2.05) is 12.1 Å². The van der Waals surface area contributed by atoms with Crippen molar-refractivity contribution in [2.45, 2.75) is 52.4 Å². The van der Waals surface area contributed by atoms with E-state index in [0.29, 0.717) is 0 Å². The fraction of sp³-hybridized carbons (Fsp3) is 0.121. The Hall–Kier alpha value is -7.94. The topological polar surface area (TPSA) is 16.4 Å². The molecule has 0 unspecified atom stereocenters. The van der Waals surface area contributed by atoms with E-state index in [-0.39, 0.29) is 10.8 Å². The Morgan fingerprint density at radius 2 is 0.779 bits per heavy atom. The van der Waals surface area contributed by atoms with Crippen LogP contribution in [0.3, 0.4) is 0 Å². The zero-order valence-electron chi connectivity index (χ0n) is 39.7. The summed E-state index contributed by atoms with van der Waals surface area (Å²) in [6.45, 7) is 13.9. The minimum atomic E-state index is -0.00788. The van der Waals surface area contributed by atoms with Crippen LogP contribution in [0.5, 0.6) is 0 Å². The van der Waals surface area contributed by atoms with Crippen molar-refractivity contribution in [1.82, 2.24) is 0 Å². The molecule has 1 aromatic heterocycles. The second-order valence-corrected chi connectivity index (χ2v) is 20.2. The summed E-state index contributed by atoms with van der Waals surface area (Å²) in [6.07, 6.45) is 0. The van der Waals surface area contributed by atoms with Crippen molar-refractivity contribution >= 4 is 49.8 Å². The molecule has 0 spiro atoms. The monoisotopic (exact) mass is 877 g/mol. The Kier molecular flexibility index (Phi) is 10.7. The molecular formula is C66H55NO. The van der Waals surface area contributed by atoms with Crippen LogP contribution < -0.4 is 4.90 Å². The van der Waals surface area contributed by atoms with Crippen molar-refractivity contribution in [3.8, 4) is 55.6 Å². The summed E-state index contributed by atoms with van der Waals surface area (Å²) in [6, 6.07) is 82.0. The van der Waals surface area contributed by atoms with Gasteiger partial charge in [-0.1, -0.05) is 224 Å². The summed E-state index contributed by atoms with van der Waals surface area (Å²) in [4.78, 5) is 2.43. The fourth-order valence-corrected chi connectivity index (χ4v) is 9.87. The van der Waals surface area contributed by atoms with Crippen molar-refractivity contribution in [3.63, 3.8) is 0 Å². The van der Waals surface area contributed by atoms with Crippen molar-refractivity contribution in [2.24, 2.45) is 0 Å². The Bertz CT molecular complexity index is 3560. The van der Waals surface area contributed by atoms with Gasteiger partial charge in [0, 0.05) is 27.7 Å². The van der Waals surface area contributed by atoms with Crippen LogP contribution in [0.25, 0.3) is 88.3 Å². The highest BCUT2D eigenvalue weighted by Gasteiger charge is 2.24. The van der Waals surface area contributed by atoms with Crippen LogP contribution in [0.2, 0.25) is 0 Å². The summed E-state index contributed by atoms with van der Waals surface area (Å²) in [5, 5.41) is 4.73. The first-order valence-corrected chi connectivity index (χ1v) is 23.8. The highest BCUT2D eigenvalue weighted by molar-refractivity contribution is 6.13. The van der Waals surface area contributed by atoms with Crippen molar-refractivity contribution in [2.75, 3.05) is 4.90 Å². The van der Waals surface area contributed by atoms with Gasteiger partial charge in [-0.05, 0) is 125 Å². The molecule has 2 nitrogen and oxygen atoms in total. The molecule has 0 saturated carbocycles. The molecule has 10 aromatic carbocycles. The third-order valence-corrected chi connectivity index (χ3v) is 13.6. The van der Waals surface area contributed by atoms with E-state index < -0.39 is 0 Å². The van der Waals surface area contributed by atoms with E-state index in [9.17, 15) is 0 Å². The van der Waals surface area contributed by atoms with E-state index in [1.165, 1.54) is 60.8 Å². The highest BCUT2D eigenvalue weighted by Crippen LogP contribution is 2.47. The number of rotatable bonds is 8. The average molecular weight is 878 g/mol. The lowest BCUT2D eigenvalue weighted by molar-refractivity contribution is 0.569. The van der Waals surface area contributed by atoms with Gasteiger partial charge in [-0.25, -0.2) is 0 Å². The average Bonchev–Trinajstić information content (AvgIpc) is 3.76. The van der Waals surface area contributed by atoms with Crippen LogP contribution in [-0.2, 0) is 10.8 Å². The Labute approximate surface area is 400 Å². The first-order valence-electron chi connectivity index (χ1n) is 23.8. The van der Waals surface area contributed by atoms with Crippen LogP contribution in [0, 0.1) is 0 Å². The summed E-state index contributed by atoms with van der Waals surface area (Å²) >= 11 is 0. The Morgan fingerprint density at radius 1 is 0.324 bits per heavy atom. The van der Waals surface area contributed by atoms with E-state index in [2.05, 4.69) is 259 Å². The quantitative estimate of drug-likeness (QED) is 0.151. The SMILES string of the molecule is CC(C)(C)c1cc(-c2cccc3cccc(-c4ccccc4N(c4ccc(-c5ccc(-c6ccccc6)cc5)cc4)c4ccc(-c5cccc6oc7ccccc7c56)cc4)c23)cc(C(C)(C)C)c1. The Balaban J connectivity index is 1.07. The number of furan rings is 1. The number of hydrogen-bond donors (Lipinski definition) is 0. The summed E-state index contributed by atoms with van der Waals surface area (Å²) < 4.78 is 6.31. The lowest BCUT2D eigenvalue weighted by Crippen LogP contribution is -2.16. The molecule has 2 heteroatoms. The lowest BCUT2D eigenvalue weighted by atomic mass is 9.78. The van der Waals surface area contributed by atoms with Gasteiger partial charge in [0.1, 0.15) is 11.2 Å². The number of anilines is 3. The molecule has 0 aliphatic rings. The summed E-state index contributed by atoms with van der Waals surface area (Å²) in [7, 11) is 0. The minimum absolute atomic E-state index is 0.00788. The molecule has 0 radical (unpaired) electrons. The van der Waals surface area contributed by atoms with Crippen molar-refractivity contribution in [1.29, 1.82) is 0 Å². The van der Waals surface area contributed by atoms with Gasteiger partial charge in [-0.3, -0.25) is 0 Å². The second-order valence-electron chi connectivity index (χ2n) is 20.2. The summed E-state index contributed by atoms with van der Waals surface area (Å²) in [5.74, 6) is 0. The molecule has 11 rings (SSSR count). The molecule has 1 heterocycles. The van der Waals surface area contributed by atoms with Gasteiger partial charge in [0.15, 0.2) is 0 Å². The molecule has 0 aliphatic heterocycles. The zero-order chi connectivity index (χ0) is 46.6. The van der Waals surface area contributed by atoms with Gasteiger partial charge in [-0.15, -0.1) is 0 Å². The first-order chi connectivity index (χ1) is 33.0. The highest BCUT2D eigenvalue weighted by atomic mass is 16.3. The maximum atomic E-state index is 6.31. The maximum absolute atomic E-state index is 6.31. The molecular weight excluding hydrogens is 823 g/mol. The molecule has 68 heavy (non-hydrogen) atoms. The van der Waals surface area contributed by atoms with Gasteiger partial charge >= 0.3 is 0 Å². The molecule has 330 valence electrons. The van der Waals surface area contributed by atoms with Crippen molar-refractivity contribution in [3.05, 3.63) is 236 Å². The minimum Gasteiger partial charge on any atom is -0.456 e. The maximum Gasteiger partial charge on any atom is 0.136 e. The standard InChI is InChI=1S/C66H55NO/c1-65(2,3)51-41-50(42-52(43-51)66(4,5)6)56-23-14-19-49-20-15-25-58(63(49)56)57-21-10-12-26-60(57)67(53-37-33-47(34-38-53)46-31-29-45(30-32-46)44-17-8-7-9-18-44)54-39-35-48(36-40-54)55-24-16-28-62-64(55)59-22-11-13-27-61(59)68-62/h7-43H,1-6H3. The van der Waals surface area contributed by atoms with E-state index in [0.717, 1.165) is 55.7 Å². The third kappa shape index (κ3) is 7.96. The molecule has 0 atom stereocenters. The molecule has 0 amide bonds. The molecule has 0 bridgehead atoms. The number of para-hydroxylation sites is 2. The molecule has 0 N–H and O–H groups in total. The summed E-state index contributed by atoms with van der Waals surface area (Å²) in [5.41, 5.74) is 19.6. The number of nitrogens with zero attached hydrogens (tertiary/aromatic N) is 1. The molecule has 11 aromatic rings. The largest absolute Gasteiger partial charge is 0.456 e. The normalized spacial score (nSPS) is 12.0.